The largest absolute Gasteiger partial charge is 0.352 e. The summed E-state index contributed by atoms with van der Waals surface area (Å²) in [7, 11) is 2.07. The first-order valence-corrected chi connectivity index (χ1v) is 8.06. The van der Waals surface area contributed by atoms with E-state index in [1.807, 2.05) is 6.92 Å². The monoisotopic (exact) mass is 305 g/mol. The second-order valence-electron chi connectivity index (χ2n) is 5.13. The molecular formula is C15H23N5S. The Kier molecular flexibility index (Phi) is 5.14. The quantitative estimate of drug-likeness (QED) is 0.633. The molecule has 5 nitrogen and oxygen atoms in total. The third-order valence-electron chi connectivity index (χ3n) is 3.65. The van der Waals surface area contributed by atoms with Crippen molar-refractivity contribution >= 4 is 23.0 Å². The summed E-state index contributed by atoms with van der Waals surface area (Å²) in [5, 5.41) is 2.10. The summed E-state index contributed by atoms with van der Waals surface area (Å²) in [5.74, 6) is 8.06. The van der Waals surface area contributed by atoms with Gasteiger partial charge >= 0.3 is 0 Å². The molecule has 1 atom stereocenters. The number of nitrogens with zero attached hydrogens (tertiary/aromatic N) is 3. The Bertz CT molecular complexity index is 582. The maximum absolute atomic E-state index is 5.60. The molecule has 0 aromatic carbocycles. The molecule has 0 spiro atoms. The molecule has 2 rings (SSSR count). The summed E-state index contributed by atoms with van der Waals surface area (Å²) in [6.07, 6.45) is 1.86. The molecule has 0 saturated heterocycles. The van der Waals surface area contributed by atoms with E-state index in [9.17, 15) is 0 Å². The smallest absolute Gasteiger partial charge is 0.148 e. The first kappa shape index (κ1) is 15.7. The van der Waals surface area contributed by atoms with Gasteiger partial charge in [0.25, 0.3) is 0 Å². The summed E-state index contributed by atoms with van der Waals surface area (Å²) < 4.78 is 0. The Balaban J connectivity index is 2.39. The van der Waals surface area contributed by atoms with Crippen molar-refractivity contribution in [2.24, 2.45) is 5.84 Å². The predicted octanol–water partition coefficient (Wildman–Crippen LogP) is 3.28. The van der Waals surface area contributed by atoms with Crippen molar-refractivity contribution in [3.8, 4) is 0 Å². The van der Waals surface area contributed by atoms with Crippen molar-refractivity contribution < 1.29 is 0 Å². The van der Waals surface area contributed by atoms with Crippen LogP contribution in [0.3, 0.4) is 0 Å². The first-order valence-electron chi connectivity index (χ1n) is 7.18. The predicted molar refractivity (Wildman–Crippen MR) is 89.7 cm³/mol. The Morgan fingerprint density at radius 1 is 1.43 bits per heavy atom. The molecule has 0 aliphatic carbocycles. The van der Waals surface area contributed by atoms with E-state index in [-0.39, 0.29) is 6.04 Å². The summed E-state index contributed by atoms with van der Waals surface area (Å²) >= 11 is 1.76. The number of nitrogen functional groups attached to an aromatic ring is 1. The summed E-state index contributed by atoms with van der Waals surface area (Å²) in [6, 6.07) is 4.49. The minimum Gasteiger partial charge on any atom is -0.352 e. The van der Waals surface area contributed by atoms with Crippen LogP contribution < -0.4 is 16.2 Å². The standard InChI is InChI=1S/C15H23N5S/c1-5-7-13-17-14(19-16)10(2)15(18-13)20(4)11(3)12-8-6-9-21-12/h6,8-9,11H,5,7,16H2,1-4H3,(H,17,18,19). The van der Waals surface area contributed by atoms with Gasteiger partial charge < -0.3 is 10.3 Å². The van der Waals surface area contributed by atoms with Gasteiger partial charge in [0.1, 0.15) is 17.5 Å². The summed E-state index contributed by atoms with van der Waals surface area (Å²) in [4.78, 5) is 12.7. The molecule has 0 saturated carbocycles. The zero-order valence-electron chi connectivity index (χ0n) is 13.1. The fourth-order valence-electron chi connectivity index (χ4n) is 2.27. The third-order valence-corrected chi connectivity index (χ3v) is 4.69. The summed E-state index contributed by atoms with van der Waals surface area (Å²) in [5.41, 5.74) is 3.66. The van der Waals surface area contributed by atoms with Crippen LogP contribution in [-0.2, 0) is 6.42 Å². The van der Waals surface area contributed by atoms with Crippen LogP contribution in [0.2, 0.25) is 0 Å². The van der Waals surface area contributed by atoms with E-state index in [2.05, 4.69) is 53.7 Å². The Morgan fingerprint density at radius 3 is 2.76 bits per heavy atom. The number of hydrazine groups is 1. The van der Waals surface area contributed by atoms with Gasteiger partial charge in [0.05, 0.1) is 6.04 Å². The van der Waals surface area contributed by atoms with Crippen LogP contribution in [0.5, 0.6) is 0 Å². The lowest BCUT2D eigenvalue weighted by molar-refractivity contribution is 0.726. The number of aromatic nitrogens is 2. The highest BCUT2D eigenvalue weighted by Crippen LogP contribution is 2.31. The maximum atomic E-state index is 5.60. The summed E-state index contributed by atoms with van der Waals surface area (Å²) in [6.45, 7) is 6.30. The van der Waals surface area contributed by atoms with Gasteiger partial charge in [-0.1, -0.05) is 13.0 Å². The van der Waals surface area contributed by atoms with E-state index < -0.39 is 0 Å². The van der Waals surface area contributed by atoms with Crippen LogP contribution >= 0.6 is 11.3 Å². The molecule has 0 amide bonds. The molecule has 0 fully saturated rings. The molecule has 21 heavy (non-hydrogen) atoms. The average Bonchev–Trinajstić information content (AvgIpc) is 3.01. The van der Waals surface area contributed by atoms with Gasteiger partial charge in [0, 0.05) is 23.9 Å². The topological polar surface area (TPSA) is 67.1 Å². The molecule has 0 aliphatic rings. The molecule has 0 radical (unpaired) electrons. The van der Waals surface area contributed by atoms with E-state index in [4.69, 9.17) is 10.8 Å². The molecule has 6 heteroatoms. The molecule has 2 aromatic heterocycles. The number of hydrogen-bond donors (Lipinski definition) is 2. The SMILES string of the molecule is CCCc1nc(NN)c(C)c(N(C)C(C)c2cccs2)n1. The van der Waals surface area contributed by atoms with Gasteiger partial charge in [0.2, 0.25) is 0 Å². The van der Waals surface area contributed by atoms with Crippen LogP contribution in [0, 0.1) is 6.92 Å². The lowest BCUT2D eigenvalue weighted by Crippen LogP contribution is -2.25. The molecule has 1 unspecified atom stereocenters. The normalized spacial score (nSPS) is 12.2. The zero-order chi connectivity index (χ0) is 15.4. The number of nitrogens with two attached hydrogens (primary N) is 1. The van der Waals surface area contributed by atoms with Crippen LogP contribution in [0.25, 0.3) is 0 Å². The zero-order valence-corrected chi connectivity index (χ0v) is 13.9. The van der Waals surface area contributed by atoms with Gasteiger partial charge in [0.15, 0.2) is 0 Å². The Morgan fingerprint density at radius 2 is 2.19 bits per heavy atom. The van der Waals surface area contributed by atoms with Crippen molar-refractivity contribution in [2.45, 2.75) is 39.7 Å². The van der Waals surface area contributed by atoms with Crippen molar-refractivity contribution in [3.05, 3.63) is 33.8 Å². The van der Waals surface area contributed by atoms with Crippen molar-refractivity contribution in [3.63, 3.8) is 0 Å². The van der Waals surface area contributed by atoms with Gasteiger partial charge in [-0.3, -0.25) is 0 Å². The maximum Gasteiger partial charge on any atom is 0.148 e. The molecule has 114 valence electrons. The van der Waals surface area contributed by atoms with Gasteiger partial charge in [-0.05, 0) is 31.7 Å². The molecule has 0 bridgehead atoms. The Hall–Kier alpha value is -1.66. The minimum atomic E-state index is 0.263. The van der Waals surface area contributed by atoms with Crippen LogP contribution in [0.4, 0.5) is 11.6 Å². The van der Waals surface area contributed by atoms with Gasteiger partial charge in [-0.25, -0.2) is 15.8 Å². The van der Waals surface area contributed by atoms with E-state index in [1.165, 1.54) is 4.88 Å². The number of aryl methyl sites for hydroxylation is 1. The van der Waals surface area contributed by atoms with Gasteiger partial charge in [-0.2, -0.15) is 0 Å². The molecule has 2 aromatic rings. The number of thiophene rings is 1. The van der Waals surface area contributed by atoms with Crippen molar-refractivity contribution in [1.82, 2.24) is 9.97 Å². The molecular weight excluding hydrogens is 282 g/mol. The average molecular weight is 305 g/mol. The number of nitrogens with one attached hydrogen (secondary N) is 1. The van der Waals surface area contributed by atoms with E-state index in [1.54, 1.807) is 11.3 Å². The number of rotatable bonds is 6. The van der Waals surface area contributed by atoms with Crippen LogP contribution in [0.1, 0.15) is 42.6 Å². The molecule has 3 N–H and O–H groups in total. The highest BCUT2D eigenvalue weighted by Gasteiger charge is 2.19. The van der Waals surface area contributed by atoms with E-state index in [0.717, 1.165) is 30.0 Å². The first-order chi connectivity index (χ1) is 10.1. The Labute approximate surface area is 130 Å². The fourth-order valence-corrected chi connectivity index (χ4v) is 3.10. The highest BCUT2D eigenvalue weighted by atomic mass is 32.1. The lowest BCUT2D eigenvalue weighted by Gasteiger charge is -2.27. The third kappa shape index (κ3) is 3.33. The van der Waals surface area contributed by atoms with Gasteiger partial charge in [-0.15, -0.1) is 11.3 Å². The van der Waals surface area contributed by atoms with E-state index >= 15 is 0 Å². The van der Waals surface area contributed by atoms with Crippen LogP contribution in [0.15, 0.2) is 17.5 Å². The molecule has 2 heterocycles. The molecule has 0 aliphatic heterocycles. The lowest BCUT2D eigenvalue weighted by atomic mass is 10.2. The number of anilines is 2. The fraction of sp³-hybridized carbons (Fsp3) is 0.467. The highest BCUT2D eigenvalue weighted by molar-refractivity contribution is 7.10. The minimum absolute atomic E-state index is 0.263. The second-order valence-corrected chi connectivity index (χ2v) is 6.11. The van der Waals surface area contributed by atoms with Crippen molar-refractivity contribution in [2.75, 3.05) is 17.4 Å². The van der Waals surface area contributed by atoms with Crippen molar-refractivity contribution in [1.29, 1.82) is 0 Å². The van der Waals surface area contributed by atoms with E-state index in [0.29, 0.717) is 5.82 Å². The number of hydrogen-bond acceptors (Lipinski definition) is 6. The van der Waals surface area contributed by atoms with Crippen LogP contribution in [-0.4, -0.2) is 17.0 Å². The second kappa shape index (κ2) is 6.87.